The lowest BCUT2D eigenvalue weighted by Crippen LogP contribution is -2.16. The summed E-state index contributed by atoms with van der Waals surface area (Å²) in [4.78, 5) is 0.295. The smallest absolute Gasteiger partial charge is 0.238 e. The predicted octanol–water partition coefficient (Wildman–Crippen LogP) is 5.73. The first-order chi connectivity index (χ1) is 13.4. The molecule has 0 fully saturated rings. The second kappa shape index (κ2) is 7.57. The van der Waals surface area contributed by atoms with E-state index in [4.69, 9.17) is 0 Å². The molecule has 1 heterocycles. The average Bonchev–Trinajstić information content (AvgIpc) is 3.06. The molecule has 5 heteroatoms. The SMILES string of the molecule is Cc1ccc(CCc2cc3ccc(Br)cc3n2S(=O)(=O)c2ccccc2)cc1. The summed E-state index contributed by atoms with van der Waals surface area (Å²) in [5.74, 6) is 0. The Balaban J connectivity index is 1.82. The van der Waals surface area contributed by atoms with Gasteiger partial charge in [0.15, 0.2) is 0 Å². The van der Waals surface area contributed by atoms with Gasteiger partial charge in [0.05, 0.1) is 10.4 Å². The molecule has 142 valence electrons. The monoisotopic (exact) mass is 453 g/mol. The molecule has 0 unspecified atom stereocenters. The summed E-state index contributed by atoms with van der Waals surface area (Å²) in [6.45, 7) is 2.06. The number of nitrogens with zero attached hydrogens (tertiary/aromatic N) is 1. The molecule has 4 aromatic rings. The molecular formula is C23H20BrNO2S. The molecule has 4 rings (SSSR count). The van der Waals surface area contributed by atoms with Gasteiger partial charge in [0.1, 0.15) is 0 Å². The van der Waals surface area contributed by atoms with Crippen molar-refractivity contribution in [3.8, 4) is 0 Å². The molecule has 0 amide bonds. The molecule has 0 spiro atoms. The van der Waals surface area contributed by atoms with Gasteiger partial charge < -0.3 is 0 Å². The Labute approximate surface area is 173 Å². The Morgan fingerprint density at radius 2 is 1.57 bits per heavy atom. The molecule has 0 aliphatic heterocycles. The summed E-state index contributed by atoms with van der Waals surface area (Å²) < 4.78 is 29.2. The molecule has 3 aromatic carbocycles. The molecule has 3 nitrogen and oxygen atoms in total. The Hall–Kier alpha value is -2.37. The first-order valence-electron chi connectivity index (χ1n) is 9.11. The van der Waals surface area contributed by atoms with Gasteiger partial charge in [-0.15, -0.1) is 0 Å². The maximum Gasteiger partial charge on any atom is 0.268 e. The first-order valence-corrected chi connectivity index (χ1v) is 11.3. The molecule has 0 N–H and O–H groups in total. The van der Waals surface area contributed by atoms with Crippen LogP contribution in [0.5, 0.6) is 0 Å². The number of hydrogen-bond donors (Lipinski definition) is 0. The van der Waals surface area contributed by atoms with Crippen LogP contribution in [0.3, 0.4) is 0 Å². The van der Waals surface area contributed by atoms with Gasteiger partial charge in [0, 0.05) is 15.6 Å². The number of halogens is 1. The van der Waals surface area contributed by atoms with Crippen LogP contribution < -0.4 is 0 Å². The second-order valence-corrected chi connectivity index (χ2v) is 9.61. The van der Waals surface area contributed by atoms with Gasteiger partial charge in [-0.05, 0) is 55.7 Å². The minimum atomic E-state index is -3.68. The Bertz CT molecular complexity index is 1230. The fraction of sp³-hybridized carbons (Fsp3) is 0.130. The molecule has 0 atom stereocenters. The van der Waals surface area contributed by atoms with Gasteiger partial charge in [-0.1, -0.05) is 70.0 Å². The number of rotatable bonds is 5. The molecule has 0 radical (unpaired) electrons. The van der Waals surface area contributed by atoms with Crippen molar-refractivity contribution in [2.75, 3.05) is 0 Å². The van der Waals surface area contributed by atoms with E-state index >= 15 is 0 Å². The Morgan fingerprint density at radius 3 is 2.29 bits per heavy atom. The van der Waals surface area contributed by atoms with Crippen molar-refractivity contribution in [1.82, 2.24) is 3.97 Å². The van der Waals surface area contributed by atoms with E-state index < -0.39 is 10.0 Å². The lowest BCUT2D eigenvalue weighted by atomic mass is 10.1. The van der Waals surface area contributed by atoms with Crippen LogP contribution in [0.4, 0.5) is 0 Å². The van der Waals surface area contributed by atoms with Crippen LogP contribution in [0.25, 0.3) is 10.9 Å². The maximum atomic E-state index is 13.4. The Kier molecular flexibility index (Phi) is 5.13. The van der Waals surface area contributed by atoms with Crippen LogP contribution in [-0.4, -0.2) is 12.4 Å². The number of aromatic nitrogens is 1. The van der Waals surface area contributed by atoms with Gasteiger partial charge in [0.2, 0.25) is 0 Å². The van der Waals surface area contributed by atoms with Crippen molar-refractivity contribution in [3.63, 3.8) is 0 Å². The van der Waals surface area contributed by atoms with E-state index in [0.717, 1.165) is 22.0 Å². The summed E-state index contributed by atoms with van der Waals surface area (Å²) >= 11 is 3.47. The van der Waals surface area contributed by atoms with Crippen molar-refractivity contribution in [2.45, 2.75) is 24.7 Å². The van der Waals surface area contributed by atoms with Crippen molar-refractivity contribution < 1.29 is 8.42 Å². The predicted molar refractivity (Wildman–Crippen MR) is 117 cm³/mol. The fourth-order valence-electron chi connectivity index (χ4n) is 3.39. The van der Waals surface area contributed by atoms with E-state index in [9.17, 15) is 8.42 Å². The van der Waals surface area contributed by atoms with Gasteiger partial charge in [-0.3, -0.25) is 0 Å². The summed E-state index contributed by atoms with van der Waals surface area (Å²) in [5, 5.41) is 0.918. The standard InChI is InChI=1S/C23H20BrNO2S/c1-17-7-9-18(10-8-17)11-14-21-15-19-12-13-20(24)16-23(19)25(21)28(26,27)22-5-3-2-4-6-22/h2-10,12-13,15-16H,11,14H2,1H3. The van der Waals surface area contributed by atoms with Gasteiger partial charge >= 0.3 is 0 Å². The van der Waals surface area contributed by atoms with Crippen molar-refractivity contribution in [3.05, 3.63) is 100 Å². The van der Waals surface area contributed by atoms with Gasteiger partial charge in [-0.2, -0.15) is 0 Å². The van der Waals surface area contributed by atoms with Crippen LogP contribution in [0, 0.1) is 6.92 Å². The summed E-state index contributed by atoms with van der Waals surface area (Å²) in [5.41, 5.74) is 3.89. The number of aryl methyl sites for hydroxylation is 3. The topological polar surface area (TPSA) is 39.1 Å². The highest BCUT2D eigenvalue weighted by atomic mass is 79.9. The van der Waals surface area contributed by atoms with E-state index in [1.54, 1.807) is 24.3 Å². The van der Waals surface area contributed by atoms with Crippen LogP contribution in [0.15, 0.2) is 88.2 Å². The zero-order chi connectivity index (χ0) is 19.7. The van der Waals surface area contributed by atoms with Crippen molar-refractivity contribution >= 4 is 36.9 Å². The molecular weight excluding hydrogens is 434 g/mol. The maximum absolute atomic E-state index is 13.4. The third kappa shape index (κ3) is 3.64. The quantitative estimate of drug-likeness (QED) is 0.386. The number of hydrogen-bond acceptors (Lipinski definition) is 2. The molecule has 0 saturated heterocycles. The second-order valence-electron chi connectivity index (χ2n) is 6.91. The van der Waals surface area contributed by atoms with Crippen molar-refractivity contribution in [1.29, 1.82) is 0 Å². The highest BCUT2D eigenvalue weighted by Crippen LogP contribution is 2.29. The van der Waals surface area contributed by atoms with Crippen LogP contribution in [0.1, 0.15) is 16.8 Å². The zero-order valence-electron chi connectivity index (χ0n) is 15.5. The molecule has 0 aliphatic carbocycles. The Morgan fingerprint density at radius 1 is 0.857 bits per heavy atom. The van der Waals surface area contributed by atoms with E-state index in [0.29, 0.717) is 16.8 Å². The number of benzene rings is 3. The number of fused-ring (bicyclic) bond motifs is 1. The minimum Gasteiger partial charge on any atom is -0.238 e. The van der Waals surface area contributed by atoms with Crippen LogP contribution in [0.2, 0.25) is 0 Å². The van der Waals surface area contributed by atoms with E-state index in [-0.39, 0.29) is 0 Å². The van der Waals surface area contributed by atoms with Crippen LogP contribution in [-0.2, 0) is 22.9 Å². The summed E-state index contributed by atoms with van der Waals surface area (Å²) in [6, 6.07) is 24.7. The fourth-order valence-corrected chi connectivity index (χ4v) is 5.32. The highest BCUT2D eigenvalue weighted by Gasteiger charge is 2.23. The van der Waals surface area contributed by atoms with Crippen molar-refractivity contribution in [2.24, 2.45) is 0 Å². The zero-order valence-corrected chi connectivity index (χ0v) is 17.9. The molecule has 0 bridgehead atoms. The lowest BCUT2D eigenvalue weighted by Gasteiger charge is -2.12. The average molecular weight is 454 g/mol. The molecule has 1 aromatic heterocycles. The molecule has 0 aliphatic rings. The molecule has 28 heavy (non-hydrogen) atoms. The highest BCUT2D eigenvalue weighted by molar-refractivity contribution is 9.10. The molecule has 0 saturated carbocycles. The van der Waals surface area contributed by atoms with E-state index in [1.807, 2.05) is 30.3 Å². The summed E-state index contributed by atoms with van der Waals surface area (Å²) in [7, 11) is -3.68. The normalized spacial score (nSPS) is 11.8. The third-order valence-electron chi connectivity index (χ3n) is 4.87. The van der Waals surface area contributed by atoms with Gasteiger partial charge in [0.25, 0.3) is 10.0 Å². The van der Waals surface area contributed by atoms with E-state index in [1.165, 1.54) is 15.1 Å². The van der Waals surface area contributed by atoms with Crippen LogP contribution >= 0.6 is 15.9 Å². The minimum absolute atomic E-state index is 0.295. The third-order valence-corrected chi connectivity index (χ3v) is 7.14. The summed E-state index contributed by atoms with van der Waals surface area (Å²) in [6.07, 6.45) is 1.42. The first kappa shape index (κ1) is 19.0. The van der Waals surface area contributed by atoms with Gasteiger partial charge in [-0.25, -0.2) is 12.4 Å². The largest absolute Gasteiger partial charge is 0.268 e. The lowest BCUT2D eigenvalue weighted by molar-refractivity contribution is 0.586. The van der Waals surface area contributed by atoms with E-state index in [2.05, 4.69) is 47.1 Å².